The van der Waals surface area contributed by atoms with E-state index in [-0.39, 0.29) is 5.82 Å². The van der Waals surface area contributed by atoms with Crippen LogP contribution in [0.4, 0.5) is 21.8 Å². The maximum Gasteiger partial charge on any atom is 0.229 e. The zero-order valence-electron chi connectivity index (χ0n) is 14.2. The molecule has 0 saturated carbocycles. The lowest BCUT2D eigenvalue weighted by molar-refractivity contribution is 0.122. The van der Waals surface area contributed by atoms with Gasteiger partial charge in [-0.1, -0.05) is 30.3 Å². The predicted octanol–water partition coefficient (Wildman–Crippen LogP) is 3.86. The summed E-state index contributed by atoms with van der Waals surface area (Å²) < 4.78 is 18.6. The van der Waals surface area contributed by atoms with Gasteiger partial charge >= 0.3 is 0 Å². The average molecular weight is 350 g/mol. The van der Waals surface area contributed by atoms with Crippen molar-refractivity contribution in [1.29, 1.82) is 0 Å². The Morgan fingerprint density at radius 3 is 2.38 bits per heavy atom. The van der Waals surface area contributed by atoms with Gasteiger partial charge < -0.3 is 15.0 Å². The fourth-order valence-corrected chi connectivity index (χ4v) is 2.86. The smallest absolute Gasteiger partial charge is 0.229 e. The molecule has 0 radical (unpaired) electrons. The molecular weight excluding hydrogens is 331 g/mol. The molecule has 1 N–H and O–H groups in total. The molecule has 132 valence electrons. The first-order chi connectivity index (χ1) is 12.8. The van der Waals surface area contributed by atoms with Gasteiger partial charge in [-0.2, -0.15) is 4.98 Å². The van der Waals surface area contributed by atoms with Gasteiger partial charge in [0.2, 0.25) is 5.95 Å². The highest BCUT2D eigenvalue weighted by atomic mass is 19.1. The van der Waals surface area contributed by atoms with E-state index < -0.39 is 0 Å². The van der Waals surface area contributed by atoms with Gasteiger partial charge in [0.05, 0.1) is 18.9 Å². The lowest BCUT2D eigenvalue weighted by Gasteiger charge is -2.28. The largest absolute Gasteiger partial charge is 0.378 e. The van der Waals surface area contributed by atoms with Crippen molar-refractivity contribution in [2.45, 2.75) is 0 Å². The molecule has 3 aromatic rings. The lowest BCUT2D eigenvalue weighted by Crippen LogP contribution is -2.36. The second kappa shape index (κ2) is 7.49. The minimum absolute atomic E-state index is 0.275. The first-order valence-corrected chi connectivity index (χ1v) is 8.58. The van der Waals surface area contributed by atoms with E-state index in [9.17, 15) is 4.39 Å². The van der Waals surface area contributed by atoms with E-state index in [1.165, 1.54) is 12.1 Å². The Bertz CT molecular complexity index is 865. The van der Waals surface area contributed by atoms with Crippen LogP contribution < -0.4 is 10.2 Å². The molecule has 1 fully saturated rings. The number of aromatic nitrogens is 2. The summed E-state index contributed by atoms with van der Waals surface area (Å²) in [5.41, 5.74) is 2.60. The van der Waals surface area contributed by atoms with Gasteiger partial charge in [0.1, 0.15) is 11.6 Å². The number of anilines is 3. The quantitative estimate of drug-likeness (QED) is 0.774. The number of nitrogens with one attached hydrogen (secondary N) is 1. The van der Waals surface area contributed by atoms with E-state index in [0.29, 0.717) is 19.2 Å². The van der Waals surface area contributed by atoms with E-state index >= 15 is 0 Å². The van der Waals surface area contributed by atoms with Crippen LogP contribution in [0.3, 0.4) is 0 Å². The van der Waals surface area contributed by atoms with Crippen LogP contribution in [0.5, 0.6) is 0 Å². The summed E-state index contributed by atoms with van der Waals surface area (Å²) in [5.74, 6) is 1.06. The van der Waals surface area contributed by atoms with Crippen LogP contribution >= 0.6 is 0 Å². The third kappa shape index (κ3) is 3.81. The topological polar surface area (TPSA) is 50.3 Å². The van der Waals surface area contributed by atoms with Crippen molar-refractivity contribution in [3.05, 3.63) is 66.5 Å². The third-order valence-corrected chi connectivity index (χ3v) is 4.22. The van der Waals surface area contributed by atoms with Crippen LogP contribution in [0.1, 0.15) is 0 Å². The standard InChI is InChI=1S/C20H19FN4O/c21-16-6-8-17(9-7-16)22-20-23-18(15-4-2-1-3-5-15)14-19(24-20)25-10-12-26-13-11-25/h1-9,14H,10-13H2,(H,22,23,24). The molecule has 2 aromatic carbocycles. The molecule has 0 aliphatic carbocycles. The zero-order chi connectivity index (χ0) is 17.8. The second-order valence-electron chi connectivity index (χ2n) is 6.03. The van der Waals surface area contributed by atoms with Crippen LogP contribution in [-0.2, 0) is 4.74 Å². The number of rotatable bonds is 4. The van der Waals surface area contributed by atoms with E-state index in [0.717, 1.165) is 35.9 Å². The summed E-state index contributed by atoms with van der Waals surface area (Å²) in [5, 5.41) is 3.17. The molecule has 2 heterocycles. The second-order valence-corrected chi connectivity index (χ2v) is 6.03. The monoisotopic (exact) mass is 350 g/mol. The molecule has 4 rings (SSSR count). The fourth-order valence-electron chi connectivity index (χ4n) is 2.86. The van der Waals surface area contributed by atoms with Gasteiger partial charge in [-0.15, -0.1) is 0 Å². The Morgan fingerprint density at radius 2 is 1.65 bits per heavy atom. The minimum Gasteiger partial charge on any atom is -0.378 e. The summed E-state index contributed by atoms with van der Waals surface area (Å²) >= 11 is 0. The van der Waals surface area contributed by atoms with Crippen molar-refractivity contribution in [3.8, 4) is 11.3 Å². The number of hydrogen-bond donors (Lipinski definition) is 1. The lowest BCUT2D eigenvalue weighted by atomic mass is 10.1. The van der Waals surface area contributed by atoms with Crippen molar-refractivity contribution >= 4 is 17.5 Å². The van der Waals surface area contributed by atoms with Gasteiger partial charge in [-0.25, -0.2) is 9.37 Å². The Labute approximate surface area is 151 Å². The van der Waals surface area contributed by atoms with Crippen LogP contribution in [0.15, 0.2) is 60.7 Å². The normalized spacial score (nSPS) is 14.3. The van der Waals surface area contributed by atoms with Gasteiger partial charge in [-0.3, -0.25) is 0 Å². The average Bonchev–Trinajstić information content (AvgIpc) is 2.71. The van der Waals surface area contributed by atoms with Crippen LogP contribution in [0, 0.1) is 5.82 Å². The molecule has 1 aliphatic rings. The van der Waals surface area contributed by atoms with Gasteiger partial charge in [0, 0.05) is 30.4 Å². The predicted molar refractivity (Wildman–Crippen MR) is 100 cm³/mol. The van der Waals surface area contributed by atoms with E-state index in [2.05, 4.69) is 20.2 Å². The summed E-state index contributed by atoms with van der Waals surface area (Å²) in [6.45, 7) is 2.96. The van der Waals surface area contributed by atoms with E-state index in [4.69, 9.17) is 4.74 Å². The molecule has 0 atom stereocenters. The molecule has 1 aliphatic heterocycles. The number of ether oxygens (including phenoxy) is 1. The van der Waals surface area contributed by atoms with E-state index in [1.54, 1.807) is 12.1 Å². The van der Waals surface area contributed by atoms with Crippen LogP contribution in [-0.4, -0.2) is 36.3 Å². The molecule has 6 heteroatoms. The Balaban J connectivity index is 1.70. The van der Waals surface area contributed by atoms with Crippen LogP contribution in [0.25, 0.3) is 11.3 Å². The summed E-state index contributed by atoms with van der Waals surface area (Å²) in [7, 11) is 0. The number of morpholine rings is 1. The molecule has 5 nitrogen and oxygen atoms in total. The summed E-state index contributed by atoms with van der Waals surface area (Å²) in [6, 6.07) is 18.1. The van der Waals surface area contributed by atoms with Crippen molar-refractivity contribution < 1.29 is 9.13 Å². The molecule has 0 unspecified atom stereocenters. The third-order valence-electron chi connectivity index (χ3n) is 4.22. The Hall–Kier alpha value is -2.99. The molecule has 1 saturated heterocycles. The van der Waals surface area contributed by atoms with Crippen molar-refractivity contribution in [3.63, 3.8) is 0 Å². The summed E-state index contributed by atoms with van der Waals surface area (Å²) in [6.07, 6.45) is 0. The number of halogens is 1. The molecular formula is C20H19FN4O. The fraction of sp³-hybridized carbons (Fsp3) is 0.200. The highest BCUT2D eigenvalue weighted by Crippen LogP contribution is 2.25. The molecule has 0 amide bonds. The zero-order valence-corrected chi connectivity index (χ0v) is 14.2. The SMILES string of the molecule is Fc1ccc(Nc2nc(-c3ccccc3)cc(N3CCOCC3)n2)cc1. The molecule has 0 bridgehead atoms. The number of benzene rings is 2. The van der Waals surface area contributed by atoms with Crippen molar-refractivity contribution in [2.75, 3.05) is 36.5 Å². The highest BCUT2D eigenvalue weighted by molar-refractivity contribution is 5.66. The minimum atomic E-state index is -0.275. The summed E-state index contributed by atoms with van der Waals surface area (Å²) in [4.78, 5) is 11.5. The van der Waals surface area contributed by atoms with Crippen LogP contribution in [0.2, 0.25) is 0 Å². The van der Waals surface area contributed by atoms with Gasteiger partial charge in [0.15, 0.2) is 0 Å². The molecule has 26 heavy (non-hydrogen) atoms. The first-order valence-electron chi connectivity index (χ1n) is 8.58. The Morgan fingerprint density at radius 1 is 0.923 bits per heavy atom. The molecule has 1 aromatic heterocycles. The first kappa shape index (κ1) is 16.5. The molecule has 0 spiro atoms. The Kier molecular flexibility index (Phi) is 4.75. The van der Waals surface area contributed by atoms with Gasteiger partial charge in [-0.05, 0) is 24.3 Å². The number of hydrogen-bond acceptors (Lipinski definition) is 5. The van der Waals surface area contributed by atoms with Crippen molar-refractivity contribution in [1.82, 2.24) is 9.97 Å². The maximum atomic E-state index is 13.1. The van der Waals surface area contributed by atoms with Gasteiger partial charge in [0.25, 0.3) is 0 Å². The highest BCUT2D eigenvalue weighted by Gasteiger charge is 2.15. The number of nitrogens with zero attached hydrogens (tertiary/aromatic N) is 3. The maximum absolute atomic E-state index is 13.1. The van der Waals surface area contributed by atoms with E-state index in [1.807, 2.05) is 36.4 Å². The van der Waals surface area contributed by atoms with Crippen molar-refractivity contribution in [2.24, 2.45) is 0 Å².